The lowest BCUT2D eigenvalue weighted by Crippen LogP contribution is -2.22. The summed E-state index contributed by atoms with van der Waals surface area (Å²) in [5, 5.41) is 0. The summed E-state index contributed by atoms with van der Waals surface area (Å²) in [4.78, 5) is 2.40. The van der Waals surface area contributed by atoms with Gasteiger partial charge in [-0.2, -0.15) is 0 Å². The summed E-state index contributed by atoms with van der Waals surface area (Å²) in [5.41, 5.74) is 2.47. The number of para-hydroxylation sites is 1. The number of hydrogen-bond donors (Lipinski definition) is 0. The number of benzene rings is 2. The monoisotopic (exact) mass is 281 g/mol. The molecule has 0 aromatic heterocycles. The molecule has 0 aliphatic rings. The summed E-state index contributed by atoms with van der Waals surface area (Å²) in [6.07, 6.45) is 4.33. The van der Waals surface area contributed by atoms with Crippen LogP contribution >= 0.6 is 0 Å². The molecule has 2 heteroatoms. The van der Waals surface area contributed by atoms with Crippen molar-refractivity contribution >= 4 is 6.08 Å². The van der Waals surface area contributed by atoms with Crippen molar-refractivity contribution in [1.82, 2.24) is 4.90 Å². The lowest BCUT2D eigenvalue weighted by atomic mass is 10.2. The molecule has 0 aliphatic heterocycles. The number of likely N-dealkylation sites (N-methyl/N-ethyl adjacent to an activating group) is 1. The zero-order valence-corrected chi connectivity index (χ0v) is 12.8. The average molecular weight is 281 g/mol. The SMILES string of the molecule is CCN(C/C=C/c1ccccc1OC)Cc1ccccc1. The molecule has 0 atom stereocenters. The Balaban J connectivity index is 1.95. The Labute approximate surface area is 127 Å². The highest BCUT2D eigenvalue weighted by atomic mass is 16.5. The molecular weight excluding hydrogens is 258 g/mol. The van der Waals surface area contributed by atoms with E-state index in [0.29, 0.717) is 0 Å². The summed E-state index contributed by atoms with van der Waals surface area (Å²) in [6.45, 7) is 5.14. The van der Waals surface area contributed by atoms with Crippen LogP contribution in [-0.2, 0) is 6.54 Å². The molecule has 2 rings (SSSR count). The third-order valence-electron chi connectivity index (χ3n) is 3.50. The molecule has 0 bridgehead atoms. The Bertz CT molecular complexity index is 563. The van der Waals surface area contributed by atoms with Gasteiger partial charge in [-0.05, 0) is 18.2 Å². The van der Waals surface area contributed by atoms with E-state index in [1.165, 1.54) is 5.56 Å². The number of nitrogens with zero attached hydrogens (tertiary/aromatic N) is 1. The van der Waals surface area contributed by atoms with E-state index in [2.05, 4.69) is 60.4 Å². The van der Waals surface area contributed by atoms with Crippen LogP contribution in [0.1, 0.15) is 18.1 Å². The highest BCUT2D eigenvalue weighted by Crippen LogP contribution is 2.18. The molecule has 2 nitrogen and oxygen atoms in total. The Kier molecular flexibility index (Phi) is 6.04. The van der Waals surface area contributed by atoms with Crippen LogP contribution in [-0.4, -0.2) is 25.1 Å². The van der Waals surface area contributed by atoms with Crippen LogP contribution in [0, 0.1) is 0 Å². The van der Waals surface area contributed by atoms with Gasteiger partial charge >= 0.3 is 0 Å². The van der Waals surface area contributed by atoms with Crippen molar-refractivity contribution in [2.45, 2.75) is 13.5 Å². The Morgan fingerprint density at radius 3 is 2.43 bits per heavy atom. The van der Waals surface area contributed by atoms with E-state index < -0.39 is 0 Å². The van der Waals surface area contributed by atoms with E-state index in [1.807, 2.05) is 18.2 Å². The first-order valence-corrected chi connectivity index (χ1v) is 7.39. The molecule has 0 spiro atoms. The van der Waals surface area contributed by atoms with Crippen LogP contribution in [0.5, 0.6) is 5.75 Å². The van der Waals surface area contributed by atoms with Crippen LogP contribution in [0.2, 0.25) is 0 Å². The third-order valence-corrected chi connectivity index (χ3v) is 3.50. The molecule has 0 N–H and O–H groups in total. The minimum Gasteiger partial charge on any atom is -0.496 e. The van der Waals surface area contributed by atoms with E-state index in [-0.39, 0.29) is 0 Å². The standard InChI is InChI=1S/C19H23NO/c1-3-20(16-17-10-5-4-6-11-17)15-9-13-18-12-7-8-14-19(18)21-2/h4-14H,3,15-16H2,1-2H3/b13-9+. The summed E-state index contributed by atoms with van der Waals surface area (Å²) < 4.78 is 5.36. The van der Waals surface area contributed by atoms with Crippen molar-refractivity contribution in [3.63, 3.8) is 0 Å². The molecule has 2 aromatic rings. The Hall–Kier alpha value is -2.06. The van der Waals surface area contributed by atoms with Gasteiger partial charge in [0.2, 0.25) is 0 Å². The Morgan fingerprint density at radius 2 is 1.71 bits per heavy atom. The van der Waals surface area contributed by atoms with Crippen LogP contribution < -0.4 is 4.74 Å². The fourth-order valence-electron chi connectivity index (χ4n) is 2.28. The van der Waals surface area contributed by atoms with E-state index in [4.69, 9.17) is 4.74 Å². The maximum atomic E-state index is 5.36. The number of methoxy groups -OCH3 is 1. The predicted octanol–water partition coefficient (Wildman–Crippen LogP) is 4.23. The highest BCUT2D eigenvalue weighted by Gasteiger charge is 2.01. The van der Waals surface area contributed by atoms with Gasteiger partial charge in [0.25, 0.3) is 0 Å². The average Bonchev–Trinajstić information content (AvgIpc) is 2.55. The zero-order valence-electron chi connectivity index (χ0n) is 12.8. The van der Waals surface area contributed by atoms with Gasteiger partial charge in [0.1, 0.15) is 5.75 Å². The molecule has 0 saturated carbocycles. The molecule has 110 valence electrons. The summed E-state index contributed by atoms with van der Waals surface area (Å²) in [7, 11) is 1.71. The zero-order chi connectivity index (χ0) is 14.9. The topological polar surface area (TPSA) is 12.5 Å². The second kappa shape index (κ2) is 8.28. The van der Waals surface area contributed by atoms with Crippen molar-refractivity contribution in [1.29, 1.82) is 0 Å². The molecule has 0 amide bonds. The van der Waals surface area contributed by atoms with E-state index in [1.54, 1.807) is 7.11 Å². The molecule has 0 radical (unpaired) electrons. The molecule has 0 heterocycles. The van der Waals surface area contributed by atoms with Crippen LogP contribution in [0.15, 0.2) is 60.7 Å². The van der Waals surface area contributed by atoms with Crippen molar-refractivity contribution < 1.29 is 4.74 Å². The van der Waals surface area contributed by atoms with Crippen LogP contribution in [0.3, 0.4) is 0 Å². The lowest BCUT2D eigenvalue weighted by Gasteiger charge is -2.18. The first kappa shape index (κ1) is 15.3. The van der Waals surface area contributed by atoms with Gasteiger partial charge in [0.15, 0.2) is 0 Å². The van der Waals surface area contributed by atoms with Crippen LogP contribution in [0.25, 0.3) is 6.08 Å². The Morgan fingerprint density at radius 1 is 1.00 bits per heavy atom. The van der Waals surface area contributed by atoms with E-state index >= 15 is 0 Å². The van der Waals surface area contributed by atoms with Gasteiger partial charge in [-0.1, -0.05) is 67.6 Å². The van der Waals surface area contributed by atoms with Crippen molar-refractivity contribution in [3.05, 3.63) is 71.8 Å². The first-order chi connectivity index (χ1) is 10.3. The van der Waals surface area contributed by atoms with Gasteiger partial charge in [-0.3, -0.25) is 4.90 Å². The second-order valence-corrected chi connectivity index (χ2v) is 4.96. The molecular formula is C19H23NO. The number of ether oxygens (including phenoxy) is 1. The van der Waals surface area contributed by atoms with E-state index in [9.17, 15) is 0 Å². The highest BCUT2D eigenvalue weighted by molar-refractivity contribution is 5.57. The maximum Gasteiger partial charge on any atom is 0.126 e. The van der Waals surface area contributed by atoms with Crippen molar-refractivity contribution in [2.24, 2.45) is 0 Å². The smallest absolute Gasteiger partial charge is 0.126 e. The maximum absolute atomic E-state index is 5.36. The first-order valence-electron chi connectivity index (χ1n) is 7.39. The summed E-state index contributed by atoms with van der Waals surface area (Å²) in [6, 6.07) is 18.7. The van der Waals surface area contributed by atoms with Gasteiger partial charge < -0.3 is 4.74 Å². The largest absolute Gasteiger partial charge is 0.496 e. The van der Waals surface area contributed by atoms with Crippen molar-refractivity contribution in [3.8, 4) is 5.75 Å². The molecule has 2 aromatic carbocycles. The van der Waals surface area contributed by atoms with Crippen LogP contribution in [0.4, 0.5) is 0 Å². The fraction of sp³-hybridized carbons (Fsp3) is 0.263. The van der Waals surface area contributed by atoms with Gasteiger partial charge in [-0.25, -0.2) is 0 Å². The molecule has 0 saturated heterocycles. The molecule has 0 unspecified atom stereocenters. The second-order valence-electron chi connectivity index (χ2n) is 4.96. The predicted molar refractivity (Wildman–Crippen MR) is 89.4 cm³/mol. The summed E-state index contributed by atoms with van der Waals surface area (Å²) >= 11 is 0. The minimum atomic E-state index is 0.917. The summed E-state index contributed by atoms with van der Waals surface area (Å²) in [5.74, 6) is 0.917. The third kappa shape index (κ3) is 4.76. The normalized spacial score (nSPS) is 11.2. The molecule has 21 heavy (non-hydrogen) atoms. The quantitative estimate of drug-likeness (QED) is 0.753. The fourth-order valence-corrected chi connectivity index (χ4v) is 2.28. The van der Waals surface area contributed by atoms with E-state index in [0.717, 1.165) is 30.9 Å². The van der Waals surface area contributed by atoms with Gasteiger partial charge in [0, 0.05) is 18.7 Å². The lowest BCUT2D eigenvalue weighted by molar-refractivity contribution is 0.311. The molecule has 0 aliphatic carbocycles. The number of rotatable bonds is 7. The number of hydrogen-bond acceptors (Lipinski definition) is 2. The van der Waals surface area contributed by atoms with Gasteiger partial charge in [-0.15, -0.1) is 0 Å². The minimum absolute atomic E-state index is 0.917. The van der Waals surface area contributed by atoms with Crippen molar-refractivity contribution in [2.75, 3.05) is 20.2 Å². The molecule has 0 fully saturated rings. The van der Waals surface area contributed by atoms with Gasteiger partial charge in [0.05, 0.1) is 7.11 Å².